The second-order valence-corrected chi connectivity index (χ2v) is 6.68. The molecule has 2 aliphatic carbocycles. The van der Waals surface area contributed by atoms with Crippen LogP contribution in [0.2, 0.25) is 0 Å². The Balaban J connectivity index is 1.51. The van der Waals surface area contributed by atoms with Gasteiger partial charge in [0.15, 0.2) is 0 Å². The molecule has 0 spiro atoms. The van der Waals surface area contributed by atoms with Crippen molar-refractivity contribution < 1.29 is 0 Å². The maximum Gasteiger partial charge on any atom is 0.0473 e. The van der Waals surface area contributed by atoms with Crippen molar-refractivity contribution in [3.05, 3.63) is 35.9 Å². The van der Waals surface area contributed by atoms with Crippen molar-refractivity contribution in [2.45, 2.75) is 37.8 Å². The Hall–Kier alpha value is -0.860. The molecule has 1 aliphatic heterocycles. The number of nitrogens with zero attached hydrogens (tertiary/aromatic N) is 1. The van der Waals surface area contributed by atoms with E-state index in [4.69, 9.17) is 0 Å². The summed E-state index contributed by atoms with van der Waals surface area (Å²) in [6.45, 7) is 3.73. The first-order chi connectivity index (χ1) is 9.40. The van der Waals surface area contributed by atoms with E-state index in [-0.39, 0.29) is 0 Å². The molecule has 3 aliphatic rings. The SMILES string of the molecule is c1ccc(C2CNC(C3CC3)CN2CC2CC2)cc1. The molecule has 1 N–H and O–H groups in total. The highest BCUT2D eigenvalue weighted by Gasteiger charge is 2.39. The maximum atomic E-state index is 3.81. The van der Waals surface area contributed by atoms with Gasteiger partial charge in [-0.1, -0.05) is 30.3 Å². The van der Waals surface area contributed by atoms with Gasteiger partial charge in [0.1, 0.15) is 0 Å². The zero-order valence-electron chi connectivity index (χ0n) is 11.6. The molecule has 1 aromatic rings. The summed E-state index contributed by atoms with van der Waals surface area (Å²) in [5.74, 6) is 1.96. The van der Waals surface area contributed by atoms with Crippen LogP contribution in [0.4, 0.5) is 0 Å². The average Bonchev–Trinajstić information content (AvgIpc) is 3.33. The smallest absolute Gasteiger partial charge is 0.0473 e. The molecule has 0 aromatic heterocycles. The van der Waals surface area contributed by atoms with Crippen LogP contribution in [0.1, 0.15) is 37.3 Å². The van der Waals surface area contributed by atoms with Crippen LogP contribution in [0.5, 0.6) is 0 Å². The molecule has 4 rings (SSSR count). The van der Waals surface area contributed by atoms with Crippen LogP contribution in [-0.4, -0.2) is 30.6 Å². The van der Waals surface area contributed by atoms with E-state index < -0.39 is 0 Å². The Morgan fingerprint density at radius 2 is 1.84 bits per heavy atom. The van der Waals surface area contributed by atoms with Crippen molar-refractivity contribution in [3.8, 4) is 0 Å². The van der Waals surface area contributed by atoms with Crippen molar-refractivity contribution in [3.63, 3.8) is 0 Å². The van der Waals surface area contributed by atoms with E-state index in [0.717, 1.165) is 24.4 Å². The summed E-state index contributed by atoms with van der Waals surface area (Å²) < 4.78 is 0. The van der Waals surface area contributed by atoms with E-state index in [9.17, 15) is 0 Å². The topological polar surface area (TPSA) is 15.3 Å². The molecule has 2 atom stereocenters. The number of benzene rings is 1. The van der Waals surface area contributed by atoms with Gasteiger partial charge in [0.25, 0.3) is 0 Å². The average molecular weight is 256 g/mol. The van der Waals surface area contributed by atoms with Gasteiger partial charge in [0.2, 0.25) is 0 Å². The van der Waals surface area contributed by atoms with Crippen LogP contribution < -0.4 is 5.32 Å². The number of rotatable bonds is 4. The first-order valence-electron chi connectivity index (χ1n) is 7.92. The molecule has 1 saturated heterocycles. The van der Waals surface area contributed by atoms with E-state index in [1.807, 2.05) is 0 Å². The fourth-order valence-corrected chi connectivity index (χ4v) is 3.49. The lowest BCUT2D eigenvalue weighted by atomic mass is 9.99. The molecule has 1 heterocycles. The third kappa shape index (κ3) is 2.70. The summed E-state index contributed by atoms with van der Waals surface area (Å²) in [6.07, 6.45) is 5.81. The predicted molar refractivity (Wildman–Crippen MR) is 78.0 cm³/mol. The van der Waals surface area contributed by atoms with Crippen LogP contribution >= 0.6 is 0 Å². The van der Waals surface area contributed by atoms with Gasteiger partial charge in [-0.25, -0.2) is 0 Å². The van der Waals surface area contributed by atoms with Gasteiger partial charge >= 0.3 is 0 Å². The Labute approximate surface area is 116 Å². The van der Waals surface area contributed by atoms with Gasteiger partial charge in [-0.3, -0.25) is 4.90 Å². The Morgan fingerprint density at radius 3 is 2.53 bits per heavy atom. The standard InChI is InChI=1S/C17H24N2/c1-2-4-15(5-3-1)17-10-18-16(14-8-9-14)12-19(17)11-13-6-7-13/h1-5,13-14,16-18H,6-12H2. The van der Waals surface area contributed by atoms with Gasteiger partial charge in [-0.05, 0) is 43.1 Å². The molecule has 102 valence electrons. The van der Waals surface area contributed by atoms with E-state index >= 15 is 0 Å². The molecule has 1 aromatic carbocycles. The number of hydrogen-bond donors (Lipinski definition) is 1. The molecule has 2 unspecified atom stereocenters. The second-order valence-electron chi connectivity index (χ2n) is 6.68. The normalized spacial score (nSPS) is 32.4. The van der Waals surface area contributed by atoms with E-state index in [1.54, 1.807) is 0 Å². The Kier molecular flexibility index (Phi) is 3.08. The lowest BCUT2D eigenvalue weighted by Crippen LogP contribution is -2.53. The first kappa shape index (κ1) is 11.9. The van der Waals surface area contributed by atoms with E-state index in [1.165, 1.54) is 44.3 Å². The minimum Gasteiger partial charge on any atom is -0.311 e. The minimum atomic E-state index is 0.594. The number of hydrogen-bond acceptors (Lipinski definition) is 2. The lowest BCUT2D eigenvalue weighted by Gasteiger charge is -2.41. The van der Waals surface area contributed by atoms with Crippen molar-refractivity contribution in [2.24, 2.45) is 11.8 Å². The molecular weight excluding hydrogens is 232 g/mol. The number of nitrogens with one attached hydrogen (secondary N) is 1. The van der Waals surface area contributed by atoms with Gasteiger partial charge in [0, 0.05) is 31.7 Å². The highest BCUT2D eigenvalue weighted by atomic mass is 15.2. The third-order valence-electron chi connectivity index (χ3n) is 5.01. The van der Waals surface area contributed by atoms with Crippen molar-refractivity contribution in [2.75, 3.05) is 19.6 Å². The van der Waals surface area contributed by atoms with Gasteiger partial charge < -0.3 is 5.32 Å². The van der Waals surface area contributed by atoms with Crippen molar-refractivity contribution >= 4 is 0 Å². The zero-order chi connectivity index (χ0) is 12.7. The Morgan fingerprint density at radius 1 is 1.05 bits per heavy atom. The van der Waals surface area contributed by atoms with Gasteiger partial charge in [0.05, 0.1) is 0 Å². The third-order valence-corrected chi connectivity index (χ3v) is 5.01. The zero-order valence-corrected chi connectivity index (χ0v) is 11.6. The maximum absolute atomic E-state index is 3.81. The molecule has 3 fully saturated rings. The van der Waals surface area contributed by atoms with Crippen LogP contribution in [0.25, 0.3) is 0 Å². The van der Waals surface area contributed by atoms with Crippen molar-refractivity contribution in [1.82, 2.24) is 10.2 Å². The summed E-state index contributed by atoms with van der Waals surface area (Å²) >= 11 is 0. The minimum absolute atomic E-state index is 0.594. The quantitative estimate of drug-likeness (QED) is 0.891. The van der Waals surface area contributed by atoms with Crippen molar-refractivity contribution in [1.29, 1.82) is 0 Å². The summed E-state index contributed by atoms with van der Waals surface area (Å²) in [5, 5.41) is 3.81. The van der Waals surface area contributed by atoms with Crippen LogP contribution in [-0.2, 0) is 0 Å². The van der Waals surface area contributed by atoms with Crippen LogP contribution in [0.3, 0.4) is 0 Å². The Bertz CT molecular complexity index is 422. The monoisotopic (exact) mass is 256 g/mol. The summed E-state index contributed by atoms with van der Waals surface area (Å²) in [7, 11) is 0. The molecule has 2 heteroatoms. The van der Waals surface area contributed by atoms with Crippen LogP contribution in [0, 0.1) is 11.8 Å². The highest BCUT2D eigenvalue weighted by Crippen LogP contribution is 2.38. The molecule has 0 radical (unpaired) electrons. The fraction of sp³-hybridized carbons (Fsp3) is 0.647. The molecule has 2 nitrogen and oxygen atoms in total. The fourth-order valence-electron chi connectivity index (χ4n) is 3.49. The molecule has 0 amide bonds. The molecule has 2 saturated carbocycles. The van der Waals surface area contributed by atoms with Gasteiger partial charge in [-0.15, -0.1) is 0 Å². The summed E-state index contributed by atoms with van der Waals surface area (Å²) in [4.78, 5) is 2.77. The molecule has 19 heavy (non-hydrogen) atoms. The molecular formula is C17H24N2. The van der Waals surface area contributed by atoms with E-state index in [2.05, 4.69) is 40.5 Å². The number of piperazine rings is 1. The largest absolute Gasteiger partial charge is 0.311 e. The van der Waals surface area contributed by atoms with E-state index in [0.29, 0.717) is 6.04 Å². The molecule has 0 bridgehead atoms. The summed E-state index contributed by atoms with van der Waals surface area (Å²) in [6, 6.07) is 12.4. The van der Waals surface area contributed by atoms with Crippen LogP contribution in [0.15, 0.2) is 30.3 Å². The highest BCUT2D eigenvalue weighted by molar-refractivity contribution is 5.20. The lowest BCUT2D eigenvalue weighted by molar-refractivity contribution is 0.117. The first-order valence-corrected chi connectivity index (χ1v) is 7.92. The predicted octanol–water partition coefficient (Wildman–Crippen LogP) is 2.82. The second kappa shape index (κ2) is 4.92. The summed E-state index contributed by atoms with van der Waals surface area (Å²) in [5.41, 5.74) is 1.49. The van der Waals surface area contributed by atoms with Gasteiger partial charge in [-0.2, -0.15) is 0 Å².